The van der Waals surface area contributed by atoms with Crippen LogP contribution in [0.5, 0.6) is 5.75 Å². The molecule has 3 aromatic carbocycles. The molecule has 0 N–H and O–H groups in total. The average Bonchev–Trinajstić information content (AvgIpc) is 3.82. The van der Waals surface area contributed by atoms with Crippen molar-refractivity contribution in [3.8, 4) is 11.4 Å². The molecule has 2 aromatic heterocycles. The fourth-order valence-electron chi connectivity index (χ4n) is 5.83. The number of nitrogens with zero attached hydrogens (tertiary/aromatic N) is 8. The Bertz CT molecular complexity index is 1840. The fraction of sp³-hybridized carbons (Fsp3) is 0.312. The minimum atomic E-state index is -1.16. The summed E-state index contributed by atoms with van der Waals surface area (Å²) in [6, 6.07) is 21.4. The van der Waals surface area contributed by atoms with Gasteiger partial charge in [0, 0.05) is 55.2 Å². The zero-order valence-electron chi connectivity index (χ0n) is 25.1. The van der Waals surface area contributed by atoms with Gasteiger partial charge in [-0.25, -0.2) is 23.7 Å². The van der Waals surface area contributed by atoms with Gasteiger partial charge in [-0.2, -0.15) is 10.2 Å². The van der Waals surface area contributed by atoms with E-state index in [0.29, 0.717) is 28.8 Å². The lowest BCUT2D eigenvalue weighted by Gasteiger charge is -2.37. The van der Waals surface area contributed by atoms with Crippen LogP contribution in [0, 0.1) is 0 Å². The number of piperazine rings is 1. The summed E-state index contributed by atoms with van der Waals surface area (Å²) in [7, 11) is 1.64. The van der Waals surface area contributed by atoms with E-state index in [1.165, 1.54) is 21.9 Å². The Balaban J connectivity index is 0.934. The summed E-state index contributed by atoms with van der Waals surface area (Å²) in [5.74, 6) is -0.409. The third-order valence-corrected chi connectivity index (χ3v) is 8.82. The van der Waals surface area contributed by atoms with Gasteiger partial charge in [0.1, 0.15) is 44.0 Å². The molecule has 12 nitrogen and oxygen atoms in total. The maximum Gasteiger partial charge on any atom is 0.350 e. The molecular weight excluding hydrogens is 631 g/mol. The molecule has 0 bridgehead atoms. The maximum absolute atomic E-state index is 12.2. The number of anilines is 2. The van der Waals surface area contributed by atoms with Gasteiger partial charge >= 0.3 is 5.69 Å². The highest BCUT2D eigenvalue weighted by molar-refractivity contribution is 6.35. The Labute approximate surface area is 275 Å². The van der Waals surface area contributed by atoms with E-state index < -0.39 is 5.79 Å². The lowest BCUT2D eigenvalue weighted by molar-refractivity contribution is -0.190. The molecule has 5 aromatic rings. The van der Waals surface area contributed by atoms with E-state index in [1.54, 1.807) is 30.2 Å². The van der Waals surface area contributed by atoms with E-state index >= 15 is 0 Å². The van der Waals surface area contributed by atoms with Crippen molar-refractivity contribution in [3.05, 3.63) is 112 Å². The van der Waals surface area contributed by atoms with Crippen molar-refractivity contribution >= 4 is 34.6 Å². The summed E-state index contributed by atoms with van der Waals surface area (Å²) in [6.45, 7) is 4.44. The highest BCUT2D eigenvalue weighted by Gasteiger charge is 2.45. The van der Waals surface area contributed by atoms with E-state index in [-0.39, 0.29) is 18.3 Å². The third-order valence-electron chi connectivity index (χ3n) is 8.27. The third kappa shape index (κ3) is 6.21. The number of aromatic nitrogens is 6. The van der Waals surface area contributed by atoms with Gasteiger partial charge in [0.25, 0.3) is 0 Å². The van der Waals surface area contributed by atoms with Gasteiger partial charge in [-0.1, -0.05) is 29.3 Å². The molecule has 2 aliphatic heterocycles. The minimum absolute atomic E-state index is 0.167. The van der Waals surface area contributed by atoms with Crippen LogP contribution in [0.25, 0.3) is 5.69 Å². The van der Waals surface area contributed by atoms with E-state index in [1.807, 2.05) is 30.3 Å². The van der Waals surface area contributed by atoms with Crippen molar-refractivity contribution in [2.24, 2.45) is 7.05 Å². The minimum Gasteiger partial charge on any atom is -0.491 e. The molecule has 1 unspecified atom stereocenters. The van der Waals surface area contributed by atoms with Crippen LogP contribution >= 0.6 is 23.2 Å². The van der Waals surface area contributed by atoms with Crippen LogP contribution < -0.4 is 20.2 Å². The first-order chi connectivity index (χ1) is 22.4. The fourth-order valence-corrected chi connectivity index (χ4v) is 6.38. The second kappa shape index (κ2) is 12.8. The molecule has 46 heavy (non-hydrogen) atoms. The van der Waals surface area contributed by atoms with Crippen LogP contribution in [0.1, 0.15) is 5.56 Å². The molecule has 0 amide bonds. The first kappa shape index (κ1) is 30.3. The van der Waals surface area contributed by atoms with Crippen LogP contribution in [-0.4, -0.2) is 74.6 Å². The van der Waals surface area contributed by atoms with E-state index in [2.05, 4.69) is 49.2 Å². The molecule has 0 spiro atoms. The largest absolute Gasteiger partial charge is 0.491 e. The Morgan fingerprint density at radius 2 is 1.57 bits per heavy atom. The predicted molar refractivity (Wildman–Crippen MR) is 174 cm³/mol. The van der Waals surface area contributed by atoms with Gasteiger partial charge in [0.2, 0.25) is 5.79 Å². The van der Waals surface area contributed by atoms with Crippen molar-refractivity contribution in [2.45, 2.75) is 18.4 Å². The van der Waals surface area contributed by atoms with Gasteiger partial charge in [-0.3, -0.25) is 0 Å². The van der Waals surface area contributed by atoms with Crippen LogP contribution in [-0.2, 0) is 28.9 Å². The van der Waals surface area contributed by atoms with Crippen LogP contribution in [0.15, 0.2) is 90.5 Å². The average molecular weight is 664 g/mol. The maximum atomic E-state index is 12.2. The number of halogens is 2. The van der Waals surface area contributed by atoms with Gasteiger partial charge in [-0.15, -0.1) is 0 Å². The quantitative estimate of drug-likeness (QED) is 0.230. The summed E-state index contributed by atoms with van der Waals surface area (Å²) in [4.78, 5) is 21.0. The molecule has 0 saturated carbocycles. The summed E-state index contributed by atoms with van der Waals surface area (Å²) >= 11 is 12.7. The zero-order valence-corrected chi connectivity index (χ0v) is 26.6. The number of ether oxygens (including phenoxy) is 3. The Morgan fingerprint density at radius 3 is 2.17 bits per heavy atom. The first-order valence-electron chi connectivity index (χ1n) is 14.9. The van der Waals surface area contributed by atoms with Crippen molar-refractivity contribution in [3.63, 3.8) is 0 Å². The summed E-state index contributed by atoms with van der Waals surface area (Å²) in [6.07, 6.45) is 4.28. The molecule has 14 heteroatoms. The number of hydrogen-bond donors (Lipinski definition) is 0. The molecule has 2 saturated heterocycles. The molecule has 7 rings (SSSR count). The summed E-state index contributed by atoms with van der Waals surface area (Å²) in [5, 5.41) is 9.23. The van der Waals surface area contributed by atoms with Crippen LogP contribution in [0.2, 0.25) is 10.0 Å². The lowest BCUT2D eigenvalue weighted by atomic mass is 10.1. The number of hydrogen-bond acceptors (Lipinski definition) is 9. The normalized spacial score (nSPS) is 19.9. The first-order valence-corrected chi connectivity index (χ1v) is 15.7. The molecule has 2 atom stereocenters. The molecular formula is C32H32Cl2N8O4. The van der Waals surface area contributed by atoms with Gasteiger partial charge in [-0.05, 0) is 60.7 Å². The highest BCUT2D eigenvalue weighted by Crippen LogP contribution is 2.40. The SMILES string of the molecule is Cn1ncn(-c2ccc(N3CCN(c4ccc(OC[C@@H]5COC(Cn6cncn6)(c6ccc(Cl)cc6Cl)O5)cc4)CC3)cc2)c1=O. The molecule has 0 radical (unpaired) electrons. The Hall–Kier alpha value is -4.36. The second-order valence-electron chi connectivity index (χ2n) is 11.2. The van der Waals surface area contributed by atoms with Crippen molar-refractivity contribution < 1.29 is 14.2 Å². The van der Waals surface area contributed by atoms with E-state index in [9.17, 15) is 4.79 Å². The number of rotatable bonds is 9. The Kier molecular flexibility index (Phi) is 8.43. The standard InChI is InChI=1S/C32H32Cl2N8O4/c1-38-31(43)42(22-37-38)26-5-3-24(4-6-26)39-12-14-40(15-13-39)25-7-9-27(10-8-25)44-17-28-18-45-32(46-28,19-41-21-35-20-36-41)29-11-2-23(33)16-30(29)34/h2-11,16,20-22,28H,12-15,17-19H2,1H3/t28-,32?/m1/s1. The zero-order chi connectivity index (χ0) is 31.7. The van der Waals surface area contributed by atoms with E-state index in [0.717, 1.165) is 49.0 Å². The van der Waals surface area contributed by atoms with Crippen molar-refractivity contribution in [2.75, 3.05) is 49.2 Å². The molecule has 2 aliphatic rings. The topological polar surface area (TPSA) is 105 Å². The summed E-state index contributed by atoms with van der Waals surface area (Å²) in [5.41, 5.74) is 3.57. The van der Waals surface area contributed by atoms with E-state index in [4.69, 9.17) is 37.4 Å². The summed E-state index contributed by atoms with van der Waals surface area (Å²) < 4.78 is 23.3. The van der Waals surface area contributed by atoms with Crippen molar-refractivity contribution in [1.82, 2.24) is 29.1 Å². The second-order valence-corrected chi connectivity index (χ2v) is 12.1. The Morgan fingerprint density at radius 1 is 0.891 bits per heavy atom. The van der Waals surface area contributed by atoms with Crippen LogP contribution in [0.4, 0.5) is 11.4 Å². The lowest BCUT2D eigenvalue weighted by Crippen LogP contribution is -2.46. The molecule has 4 heterocycles. The number of benzene rings is 3. The smallest absolute Gasteiger partial charge is 0.350 e. The van der Waals surface area contributed by atoms with Gasteiger partial charge in [0.05, 0.1) is 17.3 Å². The number of aryl methyl sites for hydroxylation is 1. The monoisotopic (exact) mass is 662 g/mol. The molecule has 238 valence electrons. The molecule has 0 aliphatic carbocycles. The highest BCUT2D eigenvalue weighted by atomic mass is 35.5. The van der Waals surface area contributed by atoms with Crippen LogP contribution in [0.3, 0.4) is 0 Å². The predicted octanol–water partition coefficient (Wildman–Crippen LogP) is 4.14. The van der Waals surface area contributed by atoms with Gasteiger partial charge < -0.3 is 24.0 Å². The van der Waals surface area contributed by atoms with Crippen molar-refractivity contribution in [1.29, 1.82) is 0 Å². The molecule has 2 fully saturated rings. The van der Waals surface area contributed by atoms with Gasteiger partial charge in [0.15, 0.2) is 0 Å².